The molecule has 0 amide bonds. The Morgan fingerprint density at radius 2 is 1.88 bits per heavy atom. The van der Waals surface area contributed by atoms with Crippen molar-refractivity contribution in [3.63, 3.8) is 0 Å². The Labute approximate surface area is 96.6 Å². The molecule has 1 aliphatic rings. The molecule has 0 fully saturated rings. The molecule has 1 atom stereocenters. The SMILES string of the molecule is CC1(C)OC(C(C)(C)C)c2cc(F)ccc21. The van der Waals surface area contributed by atoms with Gasteiger partial charge in [-0.25, -0.2) is 4.39 Å². The highest BCUT2D eigenvalue weighted by molar-refractivity contribution is 5.38. The number of halogens is 1. The van der Waals surface area contributed by atoms with Gasteiger partial charge in [0.15, 0.2) is 0 Å². The Balaban J connectivity index is 2.56. The molecule has 0 saturated carbocycles. The van der Waals surface area contributed by atoms with Crippen LogP contribution in [0.25, 0.3) is 0 Å². The molecule has 2 rings (SSSR count). The molecule has 0 aliphatic carbocycles. The van der Waals surface area contributed by atoms with Gasteiger partial charge in [-0.15, -0.1) is 0 Å². The van der Waals surface area contributed by atoms with Gasteiger partial charge in [0.2, 0.25) is 0 Å². The van der Waals surface area contributed by atoms with Crippen molar-refractivity contribution in [3.8, 4) is 0 Å². The van der Waals surface area contributed by atoms with Crippen molar-refractivity contribution in [2.45, 2.75) is 46.3 Å². The maximum Gasteiger partial charge on any atom is 0.123 e. The molecule has 0 N–H and O–H groups in total. The summed E-state index contributed by atoms with van der Waals surface area (Å²) in [6, 6.07) is 4.96. The van der Waals surface area contributed by atoms with Gasteiger partial charge < -0.3 is 4.74 Å². The number of rotatable bonds is 0. The van der Waals surface area contributed by atoms with Gasteiger partial charge in [0.05, 0.1) is 11.7 Å². The van der Waals surface area contributed by atoms with Gasteiger partial charge in [-0.05, 0) is 42.5 Å². The van der Waals surface area contributed by atoms with Gasteiger partial charge in [-0.1, -0.05) is 26.8 Å². The summed E-state index contributed by atoms with van der Waals surface area (Å²) in [5, 5.41) is 0. The second-order valence-electron chi connectivity index (χ2n) is 6.11. The van der Waals surface area contributed by atoms with Crippen molar-refractivity contribution in [1.82, 2.24) is 0 Å². The van der Waals surface area contributed by atoms with Crippen LogP contribution in [0.1, 0.15) is 51.8 Å². The van der Waals surface area contributed by atoms with Gasteiger partial charge in [-0.2, -0.15) is 0 Å². The summed E-state index contributed by atoms with van der Waals surface area (Å²) in [5.74, 6) is -0.186. The van der Waals surface area contributed by atoms with Gasteiger partial charge in [0.25, 0.3) is 0 Å². The minimum absolute atomic E-state index is 0.0175. The fraction of sp³-hybridized carbons (Fsp3) is 0.571. The van der Waals surface area contributed by atoms with E-state index in [-0.39, 0.29) is 22.9 Å². The zero-order valence-electron chi connectivity index (χ0n) is 10.6. The third kappa shape index (κ3) is 1.75. The average molecular weight is 222 g/mol. The van der Waals surface area contributed by atoms with Crippen LogP contribution >= 0.6 is 0 Å². The molecule has 1 aromatic rings. The van der Waals surface area contributed by atoms with Crippen LogP contribution in [0.15, 0.2) is 18.2 Å². The summed E-state index contributed by atoms with van der Waals surface area (Å²) in [6.45, 7) is 10.4. The maximum atomic E-state index is 13.3. The van der Waals surface area contributed by atoms with Crippen LogP contribution in [0.3, 0.4) is 0 Å². The van der Waals surface area contributed by atoms with E-state index in [1.807, 2.05) is 19.9 Å². The lowest BCUT2D eigenvalue weighted by Gasteiger charge is -2.29. The number of ether oxygens (including phenoxy) is 1. The quantitative estimate of drug-likeness (QED) is 0.640. The lowest BCUT2D eigenvalue weighted by molar-refractivity contribution is -0.0964. The molecular formula is C14H19FO. The molecule has 1 aromatic carbocycles. The van der Waals surface area contributed by atoms with Crippen LogP contribution in [0.4, 0.5) is 4.39 Å². The van der Waals surface area contributed by atoms with E-state index in [0.717, 1.165) is 11.1 Å². The number of benzene rings is 1. The van der Waals surface area contributed by atoms with E-state index >= 15 is 0 Å². The average Bonchev–Trinajstić information content (AvgIpc) is 2.37. The standard InChI is InChI=1S/C14H19FO/c1-13(2,3)12-10-8-9(15)6-7-11(10)14(4,5)16-12/h6-8,12H,1-5H3. The zero-order valence-corrected chi connectivity index (χ0v) is 10.6. The van der Waals surface area contributed by atoms with Crippen LogP contribution in [0.5, 0.6) is 0 Å². The molecule has 16 heavy (non-hydrogen) atoms. The van der Waals surface area contributed by atoms with E-state index in [1.165, 1.54) is 6.07 Å². The van der Waals surface area contributed by atoms with E-state index in [1.54, 1.807) is 6.07 Å². The van der Waals surface area contributed by atoms with E-state index in [2.05, 4.69) is 20.8 Å². The van der Waals surface area contributed by atoms with E-state index < -0.39 is 0 Å². The summed E-state index contributed by atoms with van der Waals surface area (Å²) in [5.41, 5.74) is 1.77. The summed E-state index contributed by atoms with van der Waals surface area (Å²) in [7, 11) is 0. The van der Waals surface area contributed by atoms with Gasteiger partial charge in [0.1, 0.15) is 5.82 Å². The van der Waals surface area contributed by atoms with Gasteiger partial charge in [0, 0.05) is 0 Å². The molecule has 2 heteroatoms. The van der Waals surface area contributed by atoms with E-state index in [4.69, 9.17) is 4.74 Å². The lowest BCUT2D eigenvalue weighted by atomic mass is 9.83. The van der Waals surface area contributed by atoms with Crippen molar-refractivity contribution >= 4 is 0 Å². The predicted molar refractivity (Wildman–Crippen MR) is 62.7 cm³/mol. The van der Waals surface area contributed by atoms with Crippen LogP contribution < -0.4 is 0 Å². The molecule has 0 aromatic heterocycles. The Bertz CT molecular complexity index is 415. The Morgan fingerprint density at radius 1 is 1.25 bits per heavy atom. The molecule has 1 unspecified atom stereocenters. The van der Waals surface area contributed by atoms with Crippen molar-refractivity contribution in [3.05, 3.63) is 35.1 Å². The molecule has 0 radical (unpaired) electrons. The minimum Gasteiger partial charge on any atom is -0.362 e. The monoisotopic (exact) mass is 222 g/mol. The van der Waals surface area contributed by atoms with Crippen molar-refractivity contribution in [2.75, 3.05) is 0 Å². The molecule has 0 spiro atoms. The highest BCUT2D eigenvalue weighted by atomic mass is 19.1. The zero-order chi connectivity index (χ0) is 12.1. The Morgan fingerprint density at radius 3 is 2.44 bits per heavy atom. The first-order chi connectivity index (χ1) is 7.22. The molecule has 0 bridgehead atoms. The smallest absolute Gasteiger partial charge is 0.123 e. The first-order valence-corrected chi connectivity index (χ1v) is 5.69. The second kappa shape index (κ2) is 3.30. The fourth-order valence-corrected chi connectivity index (χ4v) is 2.36. The second-order valence-corrected chi connectivity index (χ2v) is 6.11. The van der Waals surface area contributed by atoms with Crippen LogP contribution in [-0.2, 0) is 10.3 Å². The maximum absolute atomic E-state index is 13.3. The number of hydrogen-bond acceptors (Lipinski definition) is 1. The molecule has 88 valence electrons. The summed E-state index contributed by atoms with van der Waals surface area (Å²) >= 11 is 0. The number of fused-ring (bicyclic) bond motifs is 1. The molecule has 1 aliphatic heterocycles. The third-order valence-corrected chi connectivity index (χ3v) is 3.14. The first kappa shape index (κ1) is 11.6. The highest BCUT2D eigenvalue weighted by Crippen LogP contribution is 2.50. The first-order valence-electron chi connectivity index (χ1n) is 5.69. The minimum atomic E-state index is -0.318. The van der Waals surface area contributed by atoms with E-state index in [0.29, 0.717) is 0 Å². The van der Waals surface area contributed by atoms with Crippen LogP contribution in [0, 0.1) is 11.2 Å². The third-order valence-electron chi connectivity index (χ3n) is 3.14. The molecule has 1 nitrogen and oxygen atoms in total. The number of hydrogen-bond donors (Lipinski definition) is 0. The molecule has 0 saturated heterocycles. The van der Waals surface area contributed by atoms with Crippen molar-refractivity contribution in [1.29, 1.82) is 0 Å². The van der Waals surface area contributed by atoms with E-state index in [9.17, 15) is 4.39 Å². The largest absolute Gasteiger partial charge is 0.362 e. The fourth-order valence-electron chi connectivity index (χ4n) is 2.36. The van der Waals surface area contributed by atoms with Crippen LogP contribution in [0.2, 0.25) is 0 Å². The Hall–Kier alpha value is -0.890. The summed E-state index contributed by atoms with van der Waals surface area (Å²) < 4.78 is 19.4. The normalized spacial score (nSPS) is 23.2. The predicted octanol–water partition coefficient (Wildman–Crippen LogP) is 4.18. The summed E-state index contributed by atoms with van der Waals surface area (Å²) in [6.07, 6.45) is -0.0341. The molecular weight excluding hydrogens is 203 g/mol. The topological polar surface area (TPSA) is 9.23 Å². The Kier molecular flexibility index (Phi) is 2.39. The van der Waals surface area contributed by atoms with Crippen molar-refractivity contribution in [2.24, 2.45) is 5.41 Å². The van der Waals surface area contributed by atoms with Gasteiger partial charge >= 0.3 is 0 Å². The lowest BCUT2D eigenvalue weighted by Crippen LogP contribution is -2.22. The van der Waals surface area contributed by atoms with Crippen LogP contribution in [-0.4, -0.2) is 0 Å². The molecule has 1 heterocycles. The highest BCUT2D eigenvalue weighted by Gasteiger charge is 2.43. The summed E-state index contributed by atoms with van der Waals surface area (Å²) in [4.78, 5) is 0. The van der Waals surface area contributed by atoms with Gasteiger partial charge in [-0.3, -0.25) is 0 Å². The van der Waals surface area contributed by atoms with Crippen molar-refractivity contribution < 1.29 is 9.13 Å².